The number of aryl methyl sites for hydroxylation is 1. The van der Waals surface area contributed by atoms with Crippen LogP contribution in [0.2, 0.25) is 0 Å². The second-order valence-electron chi connectivity index (χ2n) is 6.01. The fraction of sp³-hybridized carbons (Fsp3) is 0.368. The Balaban J connectivity index is 2.03. The number of anilines is 1. The summed E-state index contributed by atoms with van der Waals surface area (Å²) in [5.74, 6) is 0. The molecule has 0 saturated heterocycles. The van der Waals surface area contributed by atoms with Crippen molar-refractivity contribution < 1.29 is 0 Å². The maximum atomic E-state index is 3.67. The third kappa shape index (κ3) is 4.08. The van der Waals surface area contributed by atoms with Gasteiger partial charge in [-0.25, -0.2) is 0 Å². The Hall–Kier alpha value is -1.80. The van der Waals surface area contributed by atoms with Crippen molar-refractivity contribution in [2.75, 3.05) is 19.0 Å². The summed E-state index contributed by atoms with van der Waals surface area (Å²) in [4.78, 5) is 2.12. The topological polar surface area (TPSA) is 15.3 Å². The zero-order valence-corrected chi connectivity index (χ0v) is 13.7. The lowest BCUT2D eigenvalue weighted by molar-refractivity contribution is 0.494. The second kappa shape index (κ2) is 6.77. The molecule has 21 heavy (non-hydrogen) atoms. The number of rotatable bonds is 5. The van der Waals surface area contributed by atoms with E-state index >= 15 is 0 Å². The van der Waals surface area contributed by atoms with E-state index in [4.69, 9.17) is 0 Å². The normalized spacial score (nSPS) is 13.8. The van der Waals surface area contributed by atoms with Gasteiger partial charge in [-0.3, -0.25) is 0 Å². The smallest absolute Gasteiger partial charge is 0.0361 e. The minimum Gasteiger partial charge on any atom is -0.378 e. The van der Waals surface area contributed by atoms with Gasteiger partial charge in [0.25, 0.3) is 0 Å². The van der Waals surface area contributed by atoms with Gasteiger partial charge in [-0.05, 0) is 44.0 Å². The van der Waals surface area contributed by atoms with Gasteiger partial charge in [-0.1, -0.05) is 42.0 Å². The molecule has 0 heterocycles. The fourth-order valence-electron chi connectivity index (χ4n) is 2.48. The van der Waals surface area contributed by atoms with Gasteiger partial charge in [0.15, 0.2) is 0 Å². The Morgan fingerprint density at radius 3 is 1.62 bits per heavy atom. The minimum absolute atomic E-state index is 0.331. The van der Waals surface area contributed by atoms with E-state index in [9.17, 15) is 0 Å². The second-order valence-corrected chi connectivity index (χ2v) is 6.01. The molecule has 2 heteroatoms. The van der Waals surface area contributed by atoms with Gasteiger partial charge in [0, 0.05) is 31.9 Å². The van der Waals surface area contributed by atoms with Crippen LogP contribution < -0.4 is 10.2 Å². The average molecular weight is 282 g/mol. The molecule has 2 atom stereocenters. The molecular formula is C19H26N2. The Morgan fingerprint density at radius 2 is 1.19 bits per heavy atom. The predicted octanol–water partition coefficient (Wildman–Crippen LogP) is 4.47. The highest BCUT2D eigenvalue weighted by atomic mass is 15.1. The van der Waals surface area contributed by atoms with Crippen LogP contribution in [-0.4, -0.2) is 14.1 Å². The largest absolute Gasteiger partial charge is 0.378 e. The van der Waals surface area contributed by atoms with Crippen LogP contribution in [0.4, 0.5) is 5.69 Å². The number of benzene rings is 2. The quantitative estimate of drug-likeness (QED) is 0.870. The predicted molar refractivity (Wildman–Crippen MR) is 91.9 cm³/mol. The zero-order valence-electron chi connectivity index (χ0n) is 13.7. The molecule has 0 aliphatic rings. The zero-order chi connectivity index (χ0) is 15.4. The first-order chi connectivity index (χ1) is 9.97. The molecule has 0 spiro atoms. The van der Waals surface area contributed by atoms with E-state index in [1.165, 1.54) is 22.4 Å². The van der Waals surface area contributed by atoms with Crippen LogP contribution >= 0.6 is 0 Å². The van der Waals surface area contributed by atoms with E-state index in [-0.39, 0.29) is 0 Å². The first-order valence-corrected chi connectivity index (χ1v) is 7.57. The summed E-state index contributed by atoms with van der Waals surface area (Å²) < 4.78 is 0. The highest BCUT2D eigenvalue weighted by Crippen LogP contribution is 2.21. The van der Waals surface area contributed by atoms with Crippen molar-refractivity contribution in [2.45, 2.75) is 32.9 Å². The standard InChI is InChI=1S/C19H26N2/c1-14-6-8-17(9-7-14)15(2)20-16(3)18-10-12-19(13-11-18)21(4)5/h6-13,15-16,20H,1-5H3/t15-,16?/m1/s1. The van der Waals surface area contributed by atoms with Crippen LogP contribution in [0, 0.1) is 6.92 Å². The first-order valence-electron chi connectivity index (χ1n) is 7.57. The summed E-state index contributed by atoms with van der Waals surface area (Å²) in [5.41, 5.74) is 5.19. The molecule has 1 unspecified atom stereocenters. The van der Waals surface area contributed by atoms with E-state index in [1.54, 1.807) is 0 Å². The lowest BCUT2D eigenvalue weighted by Gasteiger charge is -2.22. The Morgan fingerprint density at radius 1 is 0.762 bits per heavy atom. The van der Waals surface area contributed by atoms with E-state index < -0.39 is 0 Å². The van der Waals surface area contributed by atoms with E-state index in [2.05, 4.69) is 93.6 Å². The van der Waals surface area contributed by atoms with Crippen LogP contribution in [0.25, 0.3) is 0 Å². The monoisotopic (exact) mass is 282 g/mol. The molecule has 2 nitrogen and oxygen atoms in total. The van der Waals surface area contributed by atoms with Crippen molar-refractivity contribution in [2.24, 2.45) is 0 Å². The number of nitrogens with one attached hydrogen (secondary N) is 1. The molecule has 112 valence electrons. The fourth-order valence-corrected chi connectivity index (χ4v) is 2.48. The summed E-state index contributed by atoms with van der Waals surface area (Å²) in [6, 6.07) is 18.2. The van der Waals surface area contributed by atoms with Gasteiger partial charge in [0.05, 0.1) is 0 Å². The van der Waals surface area contributed by atoms with Crippen molar-refractivity contribution in [1.29, 1.82) is 0 Å². The first kappa shape index (κ1) is 15.6. The Labute approximate surface area is 128 Å². The maximum absolute atomic E-state index is 3.67. The van der Waals surface area contributed by atoms with Crippen molar-refractivity contribution >= 4 is 5.69 Å². The SMILES string of the molecule is Cc1ccc([C@@H](C)NC(C)c2ccc(N(C)C)cc2)cc1. The molecule has 0 amide bonds. The lowest BCUT2D eigenvalue weighted by Crippen LogP contribution is -2.22. The summed E-state index contributed by atoms with van der Waals surface area (Å²) in [6.07, 6.45) is 0. The van der Waals surface area contributed by atoms with Gasteiger partial charge < -0.3 is 10.2 Å². The van der Waals surface area contributed by atoms with Crippen molar-refractivity contribution in [3.63, 3.8) is 0 Å². The molecule has 0 saturated carbocycles. The van der Waals surface area contributed by atoms with Crippen molar-refractivity contribution in [3.8, 4) is 0 Å². The lowest BCUT2D eigenvalue weighted by atomic mass is 10.0. The molecule has 0 aromatic heterocycles. The van der Waals surface area contributed by atoms with Crippen LogP contribution in [0.15, 0.2) is 48.5 Å². The minimum atomic E-state index is 0.331. The number of nitrogens with zero attached hydrogens (tertiary/aromatic N) is 1. The maximum Gasteiger partial charge on any atom is 0.0361 e. The van der Waals surface area contributed by atoms with Gasteiger partial charge >= 0.3 is 0 Å². The van der Waals surface area contributed by atoms with E-state index in [1.807, 2.05) is 0 Å². The third-order valence-corrected chi connectivity index (χ3v) is 3.99. The molecular weight excluding hydrogens is 256 g/mol. The Kier molecular flexibility index (Phi) is 5.03. The highest BCUT2D eigenvalue weighted by Gasteiger charge is 2.11. The third-order valence-electron chi connectivity index (χ3n) is 3.99. The number of hydrogen-bond acceptors (Lipinski definition) is 2. The summed E-state index contributed by atoms with van der Waals surface area (Å²) in [6.45, 7) is 6.56. The van der Waals surface area contributed by atoms with Gasteiger partial charge in [-0.15, -0.1) is 0 Å². The molecule has 0 aliphatic carbocycles. The molecule has 2 aromatic rings. The van der Waals surface area contributed by atoms with E-state index in [0.29, 0.717) is 12.1 Å². The Bertz CT molecular complexity index is 555. The average Bonchev–Trinajstić information content (AvgIpc) is 2.47. The van der Waals surface area contributed by atoms with Gasteiger partial charge in [0.2, 0.25) is 0 Å². The van der Waals surface area contributed by atoms with Crippen molar-refractivity contribution in [1.82, 2.24) is 5.32 Å². The molecule has 0 radical (unpaired) electrons. The molecule has 0 aliphatic heterocycles. The van der Waals surface area contributed by atoms with Crippen LogP contribution in [0.3, 0.4) is 0 Å². The van der Waals surface area contributed by atoms with Gasteiger partial charge in [-0.2, -0.15) is 0 Å². The molecule has 1 N–H and O–H groups in total. The number of hydrogen-bond donors (Lipinski definition) is 1. The summed E-state index contributed by atoms with van der Waals surface area (Å²) in [5, 5.41) is 3.67. The van der Waals surface area contributed by atoms with Crippen LogP contribution in [0.5, 0.6) is 0 Å². The molecule has 2 aromatic carbocycles. The summed E-state index contributed by atoms with van der Waals surface area (Å²) in [7, 11) is 4.13. The molecule has 0 fully saturated rings. The van der Waals surface area contributed by atoms with E-state index in [0.717, 1.165) is 0 Å². The van der Waals surface area contributed by atoms with Crippen molar-refractivity contribution in [3.05, 3.63) is 65.2 Å². The van der Waals surface area contributed by atoms with Gasteiger partial charge in [0.1, 0.15) is 0 Å². The molecule has 2 rings (SSSR count). The van der Waals surface area contributed by atoms with Crippen LogP contribution in [-0.2, 0) is 0 Å². The van der Waals surface area contributed by atoms with Crippen LogP contribution in [0.1, 0.15) is 42.6 Å². The summed E-state index contributed by atoms with van der Waals surface area (Å²) >= 11 is 0. The highest BCUT2D eigenvalue weighted by molar-refractivity contribution is 5.46. The molecule has 0 bridgehead atoms.